The van der Waals surface area contributed by atoms with Gasteiger partial charge in [0.15, 0.2) is 0 Å². The Bertz CT molecular complexity index is 268. The fourth-order valence-electron chi connectivity index (χ4n) is 3.24. The molecule has 2 fully saturated rings. The number of hydrogen-bond donors (Lipinski definition) is 0. The van der Waals surface area contributed by atoms with Crippen LogP contribution < -0.4 is 0 Å². The van der Waals surface area contributed by atoms with E-state index in [-0.39, 0.29) is 0 Å². The van der Waals surface area contributed by atoms with E-state index in [2.05, 4.69) is 39.8 Å². The molecule has 0 heterocycles. The van der Waals surface area contributed by atoms with Gasteiger partial charge in [-0.15, -0.1) is 0 Å². The third kappa shape index (κ3) is 4.16. The van der Waals surface area contributed by atoms with Gasteiger partial charge < -0.3 is 0 Å². The average molecular weight is 234 g/mol. The standard InChI is InChI=1S/C17H30/c1-5-13-11-15(13)16-12-14(16)9-7-6-8-10-17(2,3)4/h6-7,13-16H,5,8-12H2,1-4H3/b7-6-. The maximum Gasteiger partial charge on any atom is -0.0319 e. The highest BCUT2D eigenvalue weighted by Gasteiger charge is 2.51. The molecule has 4 unspecified atom stereocenters. The fourth-order valence-corrected chi connectivity index (χ4v) is 3.24. The summed E-state index contributed by atoms with van der Waals surface area (Å²) in [6.07, 6.45) is 13.3. The minimum atomic E-state index is 0.495. The van der Waals surface area contributed by atoms with Gasteiger partial charge in [0.2, 0.25) is 0 Å². The van der Waals surface area contributed by atoms with Gasteiger partial charge in [-0.2, -0.15) is 0 Å². The molecule has 0 aromatic rings. The molecule has 2 aliphatic carbocycles. The molecule has 0 bridgehead atoms. The number of allylic oxidation sites excluding steroid dienone is 2. The Balaban J connectivity index is 1.54. The molecule has 17 heavy (non-hydrogen) atoms. The predicted octanol–water partition coefficient (Wildman–Crippen LogP) is 5.44. The Morgan fingerprint density at radius 1 is 1.00 bits per heavy atom. The van der Waals surface area contributed by atoms with Gasteiger partial charge in [0.25, 0.3) is 0 Å². The summed E-state index contributed by atoms with van der Waals surface area (Å²) in [6.45, 7) is 9.34. The van der Waals surface area contributed by atoms with E-state index < -0.39 is 0 Å². The molecule has 2 saturated carbocycles. The molecular weight excluding hydrogens is 204 g/mol. The Morgan fingerprint density at radius 2 is 1.65 bits per heavy atom. The van der Waals surface area contributed by atoms with E-state index in [4.69, 9.17) is 0 Å². The Morgan fingerprint density at radius 3 is 2.24 bits per heavy atom. The van der Waals surface area contributed by atoms with Gasteiger partial charge in [0.05, 0.1) is 0 Å². The second kappa shape index (κ2) is 5.16. The molecule has 0 heteroatoms. The third-order valence-corrected chi connectivity index (χ3v) is 4.70. The third-order valence-electron chi connectivity index (χ3n) is 4.70. The molecule has 98 valence electrons. The van der Waals surface area contributed by atoms with Crippen LogP contribution in [0.2, 0.25) is 0 Å². The van der Waals surface area contributed by atoms with Crippen molar-refractivity contribution in [2.75, 3.05) is 0 Å². The van der Waals surface area contributed by atoms with Crippen LogP contribution in [0.4, 0.5) is 0 Å². The molecule has 0 aromatic carbocycles. The van der Waals surface area contributed by atoms with Gasteiger partial charge >= 0.3 is 0 Å². The summed E-state index contributed by atoms with van der Waals surface area (Å²) in [5.74, 6) is 4.41. The highest BCUT2D eigenvalue weighted by atomic mass is 14.6. The summed E-state index contributed by atoms with van der Waals surface area (Å²) in [6, 6.07) is 0. The van der Waals surface area contributed by atoms with Gasteiger partial charge in [-0.1, -0.05) is 46.3 Å². The minimum absolute atomic E-state index is 0.495. The zero-order chi connectivity index (χ0) is 12.5. The molecular formula is C17H30. The monoisotopic (exact) mass is 234 g/mol. The van der Waals surface area contributed by atoms with Crippen molar-refractivity contribution in [1.29, 1.82) is 0 Å². The van der Waals surface area contributed by atoms with Crippen LogP contribution in [0.25, 0.3) is 0 Å². The van der Waals surface area contributed by atoms with Crippen molar-refractivity contribution in [1.82, 2.24) is 0 Å². The highest BCUT2D eigenvalue weighted by molar-refractivity contribution is 5.03. The largest absolute Gasteiger partial charge is 0.0885 e. The summed E-state index contributed by atoms with van der Waals surface area (Å²) >= 11 is 0. The van der Waals surface area contributed by atoms with E-state index >= 15 is 0 Å². The van der Waals surface area contributed by atoms with Gasteiger partial charge in [-0.3, -0.25) is 0 Å². The lowest BCUT2D eigenvalue weighted by Crippen LogP contribution is -2.02. The normalized spacial score (nSPS) is 36.5. The molecule has 0 nitrogen and oxygen atoms in total. The van der Waals surface area contributed by atoms with Crippen LogP contribution in [0, 0.1) is 29.1 Å². The van der Waals surface area contributed by atoms with Crippen molar-refractivity contribution in [2.24, 2.45) is 29.1 Å². The smallest absolute Gasteiger partial charge is 0.0319 e. The minimum Gasteiger partial charge on any atom is -0.0885 e. The SMILES string of the molecule is CCC1CC1C1CC1C/C=C\CCC(C)(C)C. The zero-order valence-corrected chi connectivity index (χ0v) is 12.2. The second-order valence-electron chi connectivity index (χ2n) is 7.53. The summed E-state index contributed by atoms with van der Waals surface area (Å²) in [5, 5.41) is 0. The summed E-state index contributed by atoms with van der Waals surface area (Å²) in [4.78, 5) is 0. The van der Waals surface area contributed by atoms with E-state index in [1.165, 1.54) is 32.1 Å². The molecule has 0 amide bonds. The van der Waals surface area contributed by atoms with E-state index in [1.807, 2.05) is 0 Å². The van der Waals surface area contributed by atoms with Crippen molar-refractivity contribution in [3.63, 3.8) is 0 Å². The van der Waals surface area contributed by atoms with Gasteiger partial charge in [-0.25, -0.2) is 0 Å². The summed E-state index contributed by atoms with van der Waals surface area (Å²) in [7, 11) is 0. The number of hydrogen-bond acceptors (Lipinski definition) is 0. The first-order valence-corrected chi connectivity index (χ1v) is 7.66. The van der Waals surface area contributed by atoms with Crippen LogP contribution in [0.5, 0.6) is 0 Å². The molecule has 0 aromatic heterocycles. The molecule has 0 radical (unpaired) electrons. The van der Waals surface area contributed by atoms with Crippen LogP contribution in [0.15, 0.2) is 12.2 Å². The Kier molecular flexibility index (Phi) is 4.00. The maximum atomic E-state index is 2.46. The van der Waals surface area contributed by atoms with E-state index in [0.717, 1.165) is 23.7 Å². The molecule has 0 aliphatic heterocycles. The lowest BCUT2D eigenvalue weighted by atomic mass is 9.90. The van der Waals surface area contributed by atoms with E-state index in [9.17, 15) is 0 Å². The fraction of sp³-hybridized carbons (Fsp3) is 0.882. The predicted molar refractivity (Wildman–Crippen MR) is 75.9 cm³/mol. The van der Waals surface area contributed by atoms with Crippen molar-refractivity contribution >= 4 is 0 Å². The highest BCUT2D eigenvalue weighted by Crippen LogP contribution is 2.59. The van der Waals surface area contributed by atoms with Crippen molar-refractivity contribution in [2.45, 2.75) is 66.2 Å². The van der Waals surface area contributed by atoms with Crippen molar-refractivity contribution < 1.29 is 0 Å². The van der Waals surface area contributed by atoms with E-state index in [1.54, 1.807) is 6.42 Å². The quantitative estimate of drug-likeness (QED) is 0.537. The first-order chi connectivity index (χ1) is 8.01. The first kappa shape index (κ1) is 13.2. The summed E-state index contributed by atoms with van der Waals surface area (Å²) < 4.78 is 0. The zero-order valence-electron chi connectivity index (χ0n) is 12.2. The second-order valence-corrected chi connectivity index (χ2v) is 7.53. The lowest BCUT2D eigenvalue weighted by Gasteiger charge is -2.15. The molecule has 0 N–H and O–H groups in total. The van der Waals surface area contributed by atoms with Crippen LogP contribution >= 0.6 is 0 Å². The molecule has 2 aliphatic rings. The molecule has 0 saturated heterocycles. The van der Waals surface area contributed by atoms with Crippen LogP contribution in [0.1, 0.15) is 66.2 Å². The van der Waals surface area contributed by atoms with Crippen LogP contribution in [0.3, 0.4) is 0 Å². The van der Waals surface area contributed by atoms with Crippen molar-refractivity contribution in [3.05, 3.63) is 12.2 Å². The van der Waals surface area contributed by atoms with Crippen LogP contribution in [-0.4, -0.2) is 0 Å². The van der Waals surface area contributed by atoms with Crippen LogP contribution in [-0.2, 0) is 0 Å². The lowest BCUT2D eigenvalue weighted by molar-refractivity contribution is 0.381. The van der Waals surface area contributed by atoms with Gasteiger partial charge in [0.1, 0.15) is 0 Å². The Hall–Kier alpha value is -0.260. The molecule has 2 rings (SSSR count). The van der Waals surface area contributed by atoms with Crippen molar-refractivity contribution in [3.8, 4) is 0 Å². The molecule has 4 atom stereocenters. The maximum absolute atomic E-state index is 2.46. The molecule has 0 spiro atoms. The van der Waals surface area contributed by atoms with Gasteiger partial charge in [-0.05, 0) is 61.2 Å². The average Bonchev–Trinajstić information content (AvgIpc) is 3.09. The Labute approximate surface area is 108 Å². The first-order valence-electron chi connectivity index (χ1n) is 7.66. The number of rotatable bonds is 6. The van der Waals surface area contributed by atoms with Gasteiger partial charge in [0, 0.05) is 0 Å². The topological polar surface area (TPSA) is 0 Å². The summed E-state index contributed by atoms with van der Waals surface area (Å²) in [5.41, 5.74) is 0.495. The van der Waals surface area contributed by atoms with E-state index in [0.29, 0.717) is 5.41 Å².